The number of carboxylic acids is 1. The number of rotatable bonds is 4. The molecule has 1 amide bonds. The Morgan fingerprint density at radius 1 is 1.00 bits per heavy atom. The molecule has 0 saturated heterocycles. The maximum Gasteiger partial charge on any atom is 0.336 e. The van der Waals surface area contributed by atoms with E-state index in [9.17, 15) is 14.7 Å². The van der Waals surface area contributed by atoms with Gasteiger partial charge < -0.3 is 10.4 Å². The van der Waals surface area contributed by atoms with Crippen molar-refractivity contribution in [1.29, 1.82) is 0 Å². The van der Waals surface area contributed by atoms with Crippen LogP contribution < -0.4 is 5.32 Å². The molecule has 0 atom stereocenters. The summed E-state index contributed by atoms with van der Waals surface area (Å²) >= 11 is 0. The van der Waals surface area contributed by atoms with Crippen molar-refractivity contribution in [3.05, 3.63) is 83.6 Å². The van der Waals surface area contributed by atoms with Crippen LogP contribution in [0.2, 0.25) is 0 Å². The molecule has 0 aliphatic heterocycles. The highest BCUT2D eigenvalue weighted by molar-refractivity contribution is 6.05. The van der Waals surface area contributed by atoms with Gasteiger partial charge in [0, 0.05) is 11.8 Å². The van der Waals surface area contributed by atoms with E-state index in [-0.39, 0.29) is 11.5 Å². The number of anilines is 1. The summed E-state index contributed by atoms with van der Waals surface area (Å²) in [5.74, 6) is -0.841. The van der Waals surface area contributed by atoms with Crippen LogP contribution >= 0.6 is 0 Å². The zero-order valence-electron chi connectivity index (χ0n) is 13.6. The van der Waals surface area contributed by atoms with Crippen molar-refractivity contribution < 1.29 is 14.7 Å². The van der Waals surface area contributed by atoms with Crippen LogP contribution in [0.3, 0.4) is 0 Å². The van der Waals surface area contributed by atoms with Crippen molar-refractivity contribution in [3.63, 3.8) is 0 Å². The number of hydrogen-bond acceptors (Lipinski definition) is 3. The molecule has 0 unspecified atom stereocenters. The van der Waals surface area contributed by atoms with Crippen molar-refractivity contribution in [1.82, 2.24) is 4.98 Å². The Kier molecular flexibility index (Phi) is 4.57. The molecule has 0 saturated carbocycles. The second-order valence-corrected chi connectivity index (χ2v) is 5.61. The highest BCUT2D eigenvalue weighted by Crippen LogP contribution is 2.25. The Morgan fingerprint density at radius 3 is 2.52 bits per heavy atom. The second kappa shape index (κ2) is 6.97. The number of pyridine rings is 1. The standard InChI is InChI=1S/C20H16N2O3/c1-13-9-10-18(21-12-13)22-19(23)15-6-4-5-14(11-15)16-7-2-3-8-17(16)20(24)25/h2-12H,1H3,(H,24,25)(H,21,22,23). The zero-order valence-corrected chi connectivity index (χ0v) is 13.6. The van der Waals surface area contributed by atoms with Gasteiger partial charge in [-0.1, -0.05) is 36.4 Å². The fourth-order valence-corrected chi connectivity index (χ4v) is 2.48. The first-order chi connectivity index (χ1) is 12.0. The molecule has 0 aliphatic carbocycles. The summed E-state index contributed by atoms with van der Waals surface area (Å²) in [7, 11) is 0. The van der Waals surface area contributed by atoms with Crippen LogP contribution in [0.5, 0.6) is 0 Å². The van der Waals surface area contributed by atoms with Crippen molar-refractivity contribution in [2.75, 3.05) is 5.32 Å². The van der Waals surface area contributed by atoms with E-state index >= 15 is 0 Å². The lowest BCUT2D eigenvalue weighted by Crippen LogP contribution is -2.13. The van der Waals surface area contributed by atoms with Crippen LogP contribution in [0.1, 0.15) is 26.3 Å². The van der Waals surface area contributed by atoms with Gasteiger partial charge in [0.2, 0.25) is 0 Å². The Morgan fingerprint density at radius 2 is 1.80 bits per heavy atom. The van der Waals surface area contributed by atoms with Gasteiger partial charge >= 0.3 is 5.97 Å². The van der Waals surface area contributed by atoms with E-state index in [2.05, 4.69) is 10.3 Å². The van der Waals surface area contributed by atoms with Crippen molar-refractivity contribution in [3.8, 4) is 11.1 Å². The first-order valence-electron chi connectivity index (χ1n) is 7.71. The number of aromatic carboxylic acids is 1. The molecule has 0 fully saturated rings. The van der Waals surface area contributed by atoms with Gasteiger partial charge in [0.25, 0.3) is 5.91 Å². The van der Waals surface area contributed by atoms with Gasteiger partial charge in [-0.15, -0.1) is 0 Å². The molecule has 3 aromatic rings. The maximum absolute atomic E-state index is 12.4. The number of benzene rings is 2. The number of aromatic nitrogens is 1. The molecular formula is C20H16N2O3. The largest absolute Gasteiger partial charge is 0.478 e. The molecule has 3 rings (SSSR count). The number of amides is 1. The molecule has 0 aliphatic rings. The third-order valence-electron chi connectivity index (χ3n) is 3.75. The number of nitrogens with one attached hydrogen (secondary N) is 1. The number of carboxylic acid groups (broad SMARTS) is 1. The van der Waals surface area contributed by atoms with Gasteiger partial charge in [0.1, 0.15) is 5.82 Å². The van der Waals surface area contributed by atoms with Crippen molar-refractivity contribution >= 4 is 17.7 Å². The minimum atomic E-state index is -1.01. The van der Waals surface area contributed by atoms with E-state index in [0.717, 1.165) is 5.56 Å². The third-order valence-corrected chi connectivity index (χ3v) is 3.75. The van der Waals surface area contributed by atoms with Crippen LogP contribution in [0, 0.1) is 6.92 Å². The highest BCUT2D eigenvalue weighted by atomic mass is 16.4. The van der Waals surface area contributed by atoms with Crippen LogP contribution in [-0.4, -0.2) is 22.0 Å². The van der Waals surface area contributed by atoms with Crippen LogP contribution in [-0.2, 0) is 0 Å². The monoisotopic (exact) mass is 332 g/mol. The zero-order chi connectivity index (χ0) is 17.8. The molecule has 1 aromatic heterocycles. The molecule has 0 radical (unpaired) electrons. The predicted molar refractivity (Wildman–Crippen MR) is 95.8 cm³/mol. The molecule has 5 heteroatoms. The average molecular weight is 332 g/mol. The summed E-state index contributed by atoms with van der Waals surface area (Å²) in [6, 6.07) is 17.2. The van der Waals surface area contributed by atoms with Gasteiger partial charge in [-0.3, -0.25) is 4.79 Å². The lowest BCUT2D eigenvalue weighted by atomic mass is 9.98. The first-order valence-corrected chi connectivity index (χ1v) is 7.71. The molecule has 5 nitrogen and oxygen atoms in total. The van der Waals surface area contributed by atoms with E-state index in [0.29, 0.717) is 22.5 Å². The molecule has 2 N–H and O–H groups in total. The van der Waals surface area contributed by atoms with Gasteiger partial charge in [-0.25, -0.2) is 9.78 Å². The fourth-order valence-electron chi connectivity index (χ4n) is 2.48. The van der Waals surface area contributed by atoms with Crippen LogP contribution in [0.15, 0.2) is 66.9 Å². The molecular weight excluding hydrogens is 316 g/mol. The predicted octanol–water partition coefficient (Wildman–Crippen LogP) is 4.01. The maximum atomic E-state index is 12.4. The van der Waals surface area contributed by atoms with E-state index in [4.69, 9.17) is 0 Å². The summed E-state index contributed by atoms with van der Waals surface area (Å²) in [5.41, 5.74) is 2.87. The molecule has 0 bridgehead atoms. The minimum Gasteiger partial charge on any atom is -0.478 e. The average Bonchev–Trinajstić information content (AvgIpc) is 2.63. The lowest BCUT2D eigenvalue weighted by molar-refractivity contribution is 0.0697. The lowest BCUT2D eigenvalue weighted by Gasteiger charge is -2.09. The number of nitrogens with zero attached hydrogens (tertiary/aromatic N) is 1. The first kappa shape index (κ1) is 16.4. The van der Waals surface area contributed by atoms with Gasteiger partial charge in [-0.05, 0) is 47.9 Å². The Balaban J connectivity index is 1.90. The quantitative estimate of drug-likeness (QED) is 0.756. The van der Waals surface area contributed by atoms with Crippen molar-refractivity contribution in [2.24, 2.45) is 0 Å². The van der Waals surface area contributed by atoms with Crippen LogP contribution in [0.4, 0.5) is 5.82 Å². The summed E-state index contributed by atoms with van der Waals surface area (Å²) in [4.78, 5) is 28.0. The minimum absolute atomic E-state index is 0.195. The van der Waals surface area contributed by atoms with Crippen LogP contribution in [0.25, 0.3) is 11.1 Å². The molecule has 25 heavy (non-hydrogen) atoms. The van der Waals surface area contributed by atoms with Gasteiger partial charge in [-0.2, -0.15) is 0 Å². The molecule has 124 valence electrons. The third kappa shape index (κ3) is 3.72. The fraction of sp³-hybridized carbons (Fsp3) is 0.0500. The second-order valence-electron chi connectivity index (χ2n) is 5.61. The van der Waals surface area contributed by atoms with E-state index in [1.165, 1.54) is 0 Å². The van der Waals surface area contributed by atoms with E-state index in [1.54, 1.807) is 60.8 Å². The Bertz CT molecular complexity index is 934. The van der Waals surface area contributed by atoms with E-state index < -0.39 is 5.97 Å². The van der Waals surface area contributed by atoms with Gasteiger partial charge in [0.15, 0.2) is 0 Å². The number of carbonyl (C=O) groups is 2. The summed E-state index contributed by atoms with van der Waals surface area (Å²) < 4.78 is 0. The number of hydrogen-bond donors (Lipinski definition) is 2. The smallest absolute Gasteiger partial charge is 0.336 e. The summed E-state index contributed by atoms with van der Waals surface area (Å²) in [6.07, 6.45) is 1.68. The topological polar surface area (TPSA) is 79.3 Å². The Labute approximate surface area is 145 Å². The number of aryl methyl sites for hydroxylation is 1. The normalized spacial score (nSPS) is 10.3. The summed E-state index contributed by atoms with van der Waals surface area (Å²) in [6.45, 7) is 1.92. The SMILES string of the molecule is Cc1ccc(NC(=O)c2cccc(-c3ccccc3C(=O)O)c2)nc1. The molecule has 2 aromatic carbocycles. The molecule has 0 spiro atoms. The molecule has 1 heterocycles. The van der Waals surface area contributed by atoms with E-state index in [1.807, 2.05) is 13.0 Å². The number of carbonyl (C=O) groups excluding carboxylic acids is 1. The Hall–Kier alpha value is -3.47. The van der Waals surface area contributed by atoms with Gasteiger partial charge in [0.05, 0.1) is 5.56 Å². The van der Waals surface area contributed by atoms with Crippen molar-refractivity contribution in [2.45, 2.75) is 6.92 Å². The highest BCUT2D eigenvalue weighted by Gasteiger charge is 2.13. The summed E-state index contributed by atoms with van der Waals surface area (Å²) in [5, 5.41) is 12.1.